The Morgan fingerprint density at radius 1 is 0.350 bits per heavy atom. The molecule has 0 saturated heterocycles. The Balaban J connectivity index is 4.48. The summed E-state index contributed by atoms with van der Waals surface area (Å²) < 4.78 is 16.7. The summed E-state index contributed by atoms with van der Waals surface area (Å²) >= 11 is 0. The quantitative estimate of drug-likeness (QED) is 0.0263. The van der Waals surface area contributed by atoms with E-state index in [0.29, 0.717) is 19.3 Å². The first-order chi connectivity index (χ1) is 29.5. The maximum atomic E-state index is 12.8. The summed E-state index contributed by atoms with van der Waals surface area (Å²) in [5.41, 5.74) is 0. The Hall–Kier alpha value is -3.15. The average molecular weight is 837 g/mol. The molecule has 60 heavy (non-hydrogen) atoms. The summed E-state index contributed by atoms with van der Waals surface area (Å²) in [5, 5.41) is 0. The monoisotopic (exact) mass is 837 g/mol. The third kappa shape index (κ3) is 45.9. The predicted octanol–water partition coefficient (Wildman–Crippen LogP) is 16.3. The van der Waals surface area contributed by atoms with E-state index >= 15 is 0 Å². The van der Waals surface area contributed by atoms with Gasteiger partial charge >= 0.3 is 17.9 Å². The van der Waals surface area contributed by atoms with Crippen LogP contribution in [0, 0.1) is 0 Å². The molecule has 0 spiro atoms. The Morgan fingerprint density at radius 3 is 1.08 bits per heavy atom. The van der Waals surface area contributed by atoms with Crippen molar-refractivity contribution in [2.24, 2.45) is 0 Å². The molecule has 1 atom stereocenters. The molecular weight excluding hydrogens is 745 g/mol. The molecule has 6 nitrogen and oxygen atoms in total. The Labute approximate surface area is 370 Å². The predicted molar refractivity (Wildman–Crippen MR) is 256 cm³/mol. The highest BCUT2D eigenvalue weighted by Crippen LogP contribution is 2.13. The van der Waals surface area contributed by atoms with Crippen LogP contribution in [-0.2, 0) is 28.6 Å². The number of carbonyl (C=O) groups excluding carboxylic acids is 3. The fraction of sp³-hybridized carbons (Fsp3) is 0.722. The van der Waals surface area contributed by atoms with Gasteiger partial charge in [-0.3, -0.25) is 14.4 Å². The van der Waals surface area contributed by atoms with Crippen molar-refractivity contribution in [1.82, 2.24) is 0 Å². The summed E-state index contributed by atoms with van der Waals surface area (Å²) in [7, 11) is 0. The zero-order valence-corrected chi connectivity index (χ0v) is 39.2. The summed E-state index contributed by atoms with van der Waals surface area (Å²) in [6, 6.07) is 0. The van der Waals surface area contributed by atoms with Crippen molar-refractivity contribution < 1.29 is 28.6 Å². The maximum absolute atomic E-state index is 12.8. The second-order valence-corrected chi connectivity index (χ2v) is 16.3. The summed E-state index contributed by atoms with van der Waals surface area (Å²) in [5.74, 6) is -0.957. The van der Waals surface area contributed by atoms with Gasteiger partial charge in [-0.1, -0.05) is 177 Å². The van der Waals surface area contributed by atoms with Gasteiger partial charge in [0, 0.05) is 19.3 Å². The van der Waals surface area contributed by atoms with E-state index in [-0.39, 0.29) is 31.1 Å². The number of esters is 3. The van der Waals surface area contributed by atoms with Crippen molar-refractivity contribution in [2.75, 3.05) is 13.2 Å². The molecule has 0 aliphatic rings. The number of rotatable bonds is 44. The molecule has 0 fully saturated rings. The molecule has 6 heteroatoms. The lowest BCUT2D eigenvalue weighted by Crippen LogP contribution is -2.30. The number of unbranched alkanes of at least 4 members (excludes halogenated alkanes) is 21. The first-order valence-corrected chi connectivity index (χ1v) is 24.9. The van der Waals surface area contributed by atoms with Crippen LogP contribution in [0.5, 0.6) is 0 Å². The summed E-state index contributed by atoms with van der Waals surface area (Å²) in [4.78, 5) is 37.9. The molecule has 0 aliphatic carbocycles. The number of hydrogen-bond acceptors (Lipinski definition) is 6. The van der Waals surface area contributed by atoms with Gasteiger partial charge in [-0.05, 0) is 109 Å². The normalized spacial score (nSPS) is 12.7. The van der Waals surface area contributed by atoms with Gasteiger partial charge < -0.3 is 14.2 Å². The van der Waals surface area contributed by atoms with Crippen molar-refractivity contribution in [3.63, 3.8) is 0 Å². The van der Waals surface area contributed by atoms with Crippen LogP contribution in [0.2, 0.25) is 0 Å². The fourth-order valence-electron chi connectivity index (χ4n) is 6.66. The van der Waals surface area contributed by atoms with Crippen LogP contribution in [0.4, 0.5) is 0 Å². The first-order valence-electron chi connectivity index (χ1n) is 24.9. The van der Waals surface area contributed by atoms with Crippen molar-refractivity contribution in [1.29, 1.82) is 0 Å². The largest absolute Gasteiger partial charge is 0.462 e. The fourth-order valence-corrected chi connectivity index (χ4v) is 6.66. The van der Waals surface area contributed by atoms with Gasteiger partial charge in [-0.15, -0.1) is 0 Å². The van der Waals surface area contributed by atoms with Crippen LogP contribution in [0.15, 0.2) is 72.9 Å². The average Bonchev–Trinajstić information content (AvgIpc) is 3.24. The van der Waals surface area contributed by atoms with Gasteiger partial charge in [0.25, 0.3) is 0 Å². The van der Waals surface area contributed by atoms with Crippen LogP contribution >= 0.6 is 0 Å². The van der Waals surface area contributed by atoms with Crippen molar-refractivity contribution >= 4 is 17.9 Å². The van der Waals surface area contributed by atoms with E-state index in [1.54, 1.807) is 0 Å². The van der Waals surface area contributed by atoms with Gasteiger partial charge in [0.1, 0.15) is 13.2 Å². The van der Waals surface area contributed by atoms with E-state index in [1.807, 2.05) is 0 Å². The Morgan fingerprint density at radius 2 is 0.650 bits per heavy atom. The maximum Gasteiger partial charge on any atom is 0.306 e. The second-order valence-electron chi connectivity index (χ2n) is 16.3. The van der Waals surface area contributed by atoms with E-state index in [0.717, 1.165) is 103 Å². The molecule has 0 unspecified atom stereocenters. The first kappa shape index (κ1) is 56.9. The lowest BCUT2D eigenvalue weighted by Gasteiger charge is -2.18. The second kappa shape index (κ2) is 48.5. The van der Waals surface area contributed by atoms with E-state index in [2.05, 4.69) is 93.7 Å². The highest BCUT2D eigenvalue weighted by atomic mass is 16.6. The van der Waals surface area contributed by atoms with E-state index < -0.39 is 6.10 Å². The van der Waals surface area contributed by atoms with Crippen LogP contribution < -0.4 is 0 Å². The zero-order valence-electron chi connectivity index (χ0n) is 39.2. The van der Waals surface area contributed by atoms with Gasteiger partial charge in [-0.2, -0.15) is 0 Å². The number of carbonyl (C=O) groups is 3. The minimum Gasteiger partial charge on any atom is -0.462 e. The minimum atomic E-state index is -0.798. The molecule has 0 aromatic carbocycles. The Bertz CT molecular complexity index is 1140. The molecule has 0 radical (unpaired) electrons. The van der Waals surface area contributed by atoms with Crippen LogP contribution in [0.3, 0.4) is 0 Å². The number of ether oxygens (including phenoxy) is 3. The SMILES string of the molecule is CC/C=C\C/C=C\C/C=C\C/C=C\CCCCC(=O)OC[C@@H](COC(=O)CCCCCCC/C=C\CCCCCC)OC(=O)CCCCCCC/C=C\CCCCCCC. The highest BCUT2D eigenvalue weighted by molar-refractivity contribution is 5.71. The third-order valence-corrected chi connectivity index (χ3v) is 10.4. The van der Waals surface area contributed by atoms with Crippen LogP contribution in [-0.4, -0.2) is 37.2 Å². The van der Waals surface area contributed by atoms with Crippen molar-refractivity contribution in [3.8, 4) is 0 Å². The molecule has 0 rings (SSSR count). The van der Waals surface area contributed by atoms with Gasteiger partial charge in [0.2, 0.25) is 0 Å². The molecular formula is C54H92O6. The summed E-state index contributed by atoms with van der Waals surface area (Å²) in [6.45, 7) is 6.44. The van der Waals surface area contributed by atoms with Crippen molar-refractivity contribution in [2.45, 2.75) is 239 Å². The molecule has 0 amide bonds. The zero-order chi connectivity index (χ0) is 43.7. The minimum absolute atomic E-state index is 0.0965. The number of allylic oxidation sites excluding steroid dienone is 12. The van der Waals surface area contributed by atoms with Gasteiger partial charge in [-0.25, -0.2) is 0 Å². The van der Waals surface area contributed by atoms with E-state index in [9.17, 15) is 14.4 Å². The molecule has 0 aliphatic heterocycles. The van der Waals surface area contributed by atoms with Crippen LogP contribution in [0.1, 0.15) is 233 Å². The Kier molecular flexibility index (Phi) is 46.0. The topological polar surface area (TPSA) is 78.9 Å². The molecule has 0 saturated carbocycles. The lowest BCUT2D eigenvalue weighted by atomic mass is 10.1. The van der Waals surface area contributed by atoms with E-state index in [1.165, 1.54) is 89.9 Å². The lowest BCUT2D eigenvalue weighted by molar-refractivity contribution is -0.167. The molecule has 0 aromatic heterocycles. The molecule has 0 aromatic rings. The molecule has 344 valence electrons. The highest BCUT2D eigenvalue weighted by Gasteiger charge is 2.19. The molecule has 0 heterocycles. The molecule has 0 bridgehead atoms. The van der Waals surface area contributed by atoms with Crippen molar-refractivity contribution in [3.05, 3.63) is 72.9 Å². The summed E-state index contributed by atoms with van der Waals surface area (Å²) in [6.07, 6.45) is 60.2. The van der Waals surface area contributed by atoms with Gasteiger partial charge in [0.15, 0.2) is 6.10 Å². The van der Waals surface area contributed by atoms with Gasteiger partial charge in [0.05, 0.1) is 0 Å². The third-order valence-electron chi connectivity index (χ3n) is 10.4. The van der Waals surface area contributed by atoms with Crippen LogP contribution in [0.25, 0.3) is 0 Å². The number of hydrogen-bond donors (Lipinski definition) is 0. The van der Waals surface area contributed by atoms with E-state index in [4.69, 9.17) is 14.2 Å². The smallest absolute Gasteiger partial charge is 0.306 e. The standard InChI is InChI=1S/C54H92O6/c1-4-7-10-13-16-19-22-25-27-30-32-35-38-41-44-47-53(56)59-50-51(49-58-52(55)46-43-40-37-34-31-28-24-21-18-15-12-9-6-3)60-54(57)48-45-42-39-36-33-29-26-23-20-17-14-11-8-5-2/h7,10,16,19,21,23-27,32,35,51H,4-6,8-9,11-15,17-18,20,22,28-31,33-34,36-50H2,1-3H3/b10-7-,19-16-,24-21-,26-23-,27-25-,35-32-/t51-/m1/s1. The molecule has 0 N–H and O–H groups in total.